The molecule has 0 unspecified atom stereocenters. The van der Waals surface area contributed by atoms with E-state index < -0.39 is 32.2 Å². The molecule has 2 aromatic rings. The molecular formula is C23H26FN3O6S. The number of amides is 2. The highest BCUT2D eigenvalue weighted by molar-refractivity contribution is 7.92. The highest BCUT2D eigenvalue weighted by Gasteiger charge is 2.43. The number of sulfone groups is 1. The van der Waals surface area contributed by atoms with E-state index in [2.05, 4.69) is 11.7 Å². The minimum Gasteiger partial charge on any atom is -0.372 e. The number of rotatable bonds is 8. The summed E-state index contributed by atoms with van der Waals surface area (Å²) in [7, 11) is -2.54. The van der Waals surface area contributed by atoms with Crippen LogP contribution in [0.5, 0.6) is 0 Å². The number of aliphatic imine (C=N–C) groups is 1. The largest absolute Gasteiger partial charge is 0.372 e. The van der Waals surface area contributed by atoms with E-state index in [-0.39, 0.29) is 29.8 Å². The number of ether oxygens (including phenoxy) is 1. The van der Waals surface area contributed by atoms with Crippen molar-refractivity contribution >= 4 is 34.1 Å². The van der Waals surface area contributed by atoms with Crippen LogP contribution >= 0.6 is 0 Å². The van der Waals surface area contributed by atoms with Crippen molar-refractivity contribution in [1.82, 2.24) is 10.4 Å². The van der Waals surface area contributed by atoms with Gasteiger partial charge >= 0.3 is 0 Å². The highest BCUT2D eigenvalue weighted by atomic mass is 32.2. The smallest absolute Gasteiger partial charge is 0.264 e. The molecule has 2 amide bonds. The first kappa shape index (κ1) is 25.5. The molecule has 1 aliphatic rings. The molecule has 0 spiro atoms. The van der Waals surface area contributed by atoms with Gasteiger partial charge in [0.05, 0.1) is 24.5 Å². The Morgan fingerprint density at radius 2 is 1.94 bits per heavy atom. The topological polar surface area (TPSA) is 125 Å². The molecule has 182 valence electrons. The third-order valence-corrected chi connectivity index (χ3v) is 8.22. The maximum absolute atomic E-state index is 15.1. The first-order valence-electron chi connectivity index (χ1n) is 10.3. The minimum atomic E-state index is -3.93. The standard InChI is InChI=1S/C23H26FN3O6S/c1-23(22(29)26-30,34(4,31)32)7-8-27(3)21(28)18-10-19(24)17(11-20(18)25-2)14-5-6-15-12-33-13-16(15)9-14/h5-6,9-11,30H,2,7-8,12-13H2,1,3-4H3,(H,26,29)/t23-/m1/s1. The Hall–Kier alpha value is -3.15. The summed E-state index contributed by atoms with van der Waals surface area (Å²) in [4.78, 5) is 30.1. The maximum Gasteiger partial charge on any atom is 0.264 e. The SMILES string of the molecule is C=Nc1cc(-c2ccc3c(c2)COC3)c(F)cc1C(=O)N(C)CC[C@](C)(C(=O)NO)S(C)(=O)=O. The molecular weight excluding hydrogens is 465 g/mol. The van der Waals surface area contributed by atoms with Crippen molar-refractivity contribution in [2.75, 3.05) is 19.8 Å². The number of benzene rings is 2. The Kier molecular flexibility index (Phi) is 7.20. The molecule has 1 aliphatic heterocycles. The Morgan fingerprint density at radius 1 is 1.26 bits per heavy atom. The summed E-state index contributed by atoms with van der Waals surface area (Å²) < 4.78 is 42.8. The van der Waals surface area contributed by atoms with Gasteiger partial charge in [0.25, 0.3) is 11.8 Å². The molecule has 34 heavy (non-hydrogen) atoms. The number of carbonyl (C=O) groups is 2. The van der Waals surface area contributed by atoms with Gasteiger partial charge in [0.1, 0.15) is 5.82 Å². The van der Waals surface area contributed by atoms with Gasteiger partial charge in [-0.2, -0.15) is 0 Å². The Bertz CT molecular complexity index is 1260. The third-order valence-electron chi connectivity index (χ3n) is 6.19. The monoisotopic (exact) mass is 491 g/mol. The second-order valence-electron chi connectivity index (χ2n) is 8.40. The van der Waals surface area contributed by atoms with Gasteiger partial charge in [0, 0.05) is 25.4 Å². The van der Waals surface area contributed by atoms with Gasteiger partial charge in [-0.15, -0.1) is 0 Å². The zero-order chi connectivity index (χ0) is 25.3. The number of nitrogens with one attached hydrogen (secondary N) is 1. The Morgan fingerprint density at radius 3 is 2.56 bits per heavy atom. The van der Waals surface area contributed by atoms with Crippen molar-refractivity contribution in [1.29, 1.82) is 0 Å². The normalized spacial score (nSPS) is 14.7. The van der Waals surface area contributed by atoms with Gasteiger partial charge in [-0.1, -0.05) is 12.1 Å². The number of nitrogens with zero attached hydrogens (tertiary/aromatic N) is 2. The minimum absolute atomic E-state index is 0.0593. The molecule has 0 aromatic heterocycles. The van der Waals surface area contributed by atoms with Crippen LogP contribution in [0.25, 0.3) is 11.1 Å². The molecule has 0 saturated heterocycles. The van der Waals surface area contributed by atoms with E-state index >= 15 is 4.39 Å². The summed E-state index contributed by atoms with van der Waals surface area (Å²) in [5.41, 5.74) is 4.32. The van der Waals surface area contributed by atoms with Crippen molar-refractivity contribution in [3.63, 3.8) is 0 Å². The van der Waals surface area contributed by atoms with Crippen molar-refractivity contribution in [2.24, 2.45) is 4.99 Å². The van der Waals surface area contributed by atoms with Gasteiger partial charge < -0.3 is 9.64 Å². The first-order valence-corrected chi connectivity index (χ1v) is 12.2. The van der Waals surface area contributed by atoms with E-state index in [1.165, 1.54) is 18.6 Å². The van der Waals surface area contributed by atoms with Gasteiger partial charge in [0.15, 0.2) is 14.6 Å². The lowest BCUT2D eigenvalue weighted by atomic mass is 9.97. The lowest BCUT2D eigenvalue weighted by Gasteiger charge is -2.28. The second kappa shape index (κ2) is 9.61. The van der Waals surface area contributed by atoms with Crippen molar-refractivity contribution < 1.29 is 32.3 Å². The Balaban J connectivity index is 1.88. The summed E-state index contributed by atoms with van der Waals surface area (Å²) in [6.45, 7) is 5.42. The number of halogens is 1. The lowest BCUT2D eigenvalue weighted by Crippen LogP contribution is -2.50. The molecule has 0 saturated carbocycles. The number of fused-ring (bicyclic) bond motifs is 1. The summed E-state index contributed by atoms with van der Waals surface area (Å²) in [5, 5.41) is 8.94. The molecule has 0 bridgehead atoms. The molecule has 0 radical (unpaired) electrons. The highest BCUT2D eigenvalue weighted by Crippen LogP contribution is 2.33. The van der Waals surface area contributed by atoms with Crippen molar-refractivity contribution in [3.05, 3.63) is 52.8 Å². The predicted molar refractivity (Wildman–Crippen MR) is 124 cm³/mol. The van der Waals surface area contributed by atoms with E-state index in [4.69, 9.17) is 9.94 Å². The number of hydrogen-bond acceptors (Lipinski definition) is 7. The number of carbonyl (C=O) groups excluding carboxylic acids is 2. The molecule has 0 aliphatic carbocycles. The van der Waals surface area contributed by atoms with E-state index in [0.29, 0.717) is 18.8 Å². The van der Waals surface area contributed by atoms with Crippen LogP contribution in [0.1, 0.15) is 34.8 Å². The molecule has 2 N–H and O–H groups in total. The van der Waals surface area contributed by atoms with E-state index in [1.54, 1.807) is 6.07 Å². The molecule has 1 heterocycles. The molecule has 9 nitrogen and oxygen atoms in total. The molecule has 3 rings (SSSR count). The van der Waals surface area contributed by atoms with Gasteiger partial charge in [0.2, 0.25) is 0 Å². The number of hydrogen-bond donors (Lipinski definition) is 2. The zero-order valence-electron chi connectivity index (χ0n) is 19.1. The van der Waals surface area contributed by atoms with Crippen LogP contribution in [0.4, 0.5) is 10.1 Å². The quantitative estimate of drug-likeness (QED) is 0.332. The van der Waals surface area contributed by atoms with E-state index in [9.17, 15) is 18.0 Å². The van der Waals surface area contributed by atoms with Crippen LogP contribution in [-0.4, -0.2) is 61.7 Å². The summed E-state index contributed by atoms with van der Waals surface area (Å²) in [6, 6.07) is 7.97. The van der Waals surface area contributed by atoms with Crippen molar-refractivity contribution in [2.45, 2.75) is 31.3 Å². The van der Waals surface area contributed by atoms with Crippen LogP contribution in [0.2, 0.25) is 0 Å². The van der Waals surface area contributed by atoms with Crippen LogP contribution in [0.15, 0.2) is 35.3 Å². The van der Waals surface area contributed by atoms with Crippen LogP contribution in [-0.2, 0) is 32.6 Å². The van der Waals surface area contributed by atoms with Gasteiger partial charge in [-0.3, -0.25) is 19.8 Å². The van der Waals surface area contributed by atoms with Crippen LogP contribution in [0, 0.1) is 5.82 Å². The van der Waals surface area contributed by atoms with E-state index in [0.717, 1.165) is 35.3 Å². The predicted octanol–water partition coefficient (Wildman–Crippen LogP) is 2.63. The average molecular weight is 492 g/mol. The zero-order valence-corrected chi connectivity index (χ0v) is 19.9. The fraction of sp³-hybridized carbons (Fsp3) is 0.348. The molecule has 2 aromatic carbocycles. The summed E-state index contributed by atoms with van der Waals surface area (Å²) in [6.07, 6.45) is 0.568. The lowest BCUT2D eigenvalue weighted by molar-refractivity contribution is -0.131. The van der Waals surface area contributed by atoms with Gasteiger partial charge in [-0.05, 0) is 55.0 Å². The first-order chi connectivity index (χ1) is 15.9. The fourth-order valence-electron chi connectivity index (χ4n) is 3.70. The molecule has 0 fully saturated rings. The van der Waals surface area contributed by atoms with Crippen LogP contribution in [0.3, 0.4) is 0 Å². The van der Waals surface area contributed by atoms with Gasteiger partial charge in [-0.25, -0.2) is 18.3 Å². The molecule has 11 heteroatoms. The number of hydroxylamine groups is 1. The average Bonchev–Trinajstić information content (AvgIpc) is 3.28. The van der Waals surface area contributed by atoms with Crippen LogP contribution < -0.4 is 5.48 Å². The molecule has 1 atom stereocenters. The van der Waals surface area contributed by atoms with E-state index in [1.807, 2.05) is 12.1 Å². The Labute approximate surface area is 197 Å². The third kappa shape index (κ3) is 4.72. The van der Waals surface area contributed by atoms with Crippen molar-refractivity contribution in [3.8, 4) is 11.1 Å². The maximum atomic E-state index is 15.1. The summed E-state index contributed by atoms with van der Waals surface area (Å²) in [5.74, 6) is -2.38. The summed E-state index contributed by atoms with van der Waals surface area (Å²) >= 11 is 0. The fourth-order valence-corrected chi connectivity index (χ4v) is 4.54. The second-order valence-corrected chi connectivity index (χ2v) is 10.8.